The summed E-state index contributed by atoms with van der Waals surface area (Å²) in [4.78, 5) is 23.9. The van der Waals surface area contributed by atoms with Crippen LogP contribution in [0.4, 0.5) is 4.39 Å². The van der Waals surface area contributed by atoms with E-state index >= 15 is 0 Å². The normalized spacial score (nSPS) is 18.8. The summed E-state index contributed by atoms with van der Waals surface area (Å²) in [6, 6.07) is 12.8. The molecule has 0 radical (unpaired) electrons. The van der Waals surface area contributed by atoms with Crippen LogP contribution in [0.15, 0.2) is 48.5 Å². The van der Waals surface area contributed by atoms with Gasteiger partial charge in [0.2, 0.25) is 0 Å². The van der Waals surface area contributed by atoms with E-state index in [9.17, 15) is 14.0 Å². The van der Waals surface area contributed by atoms with Crippen LogP contribution in [-0.2, 0) is 22.6 Å². The zero-order valence-corrected chi connectivity index (χ0v) is 13.0. The van der Waals surface area contributed by atoms with Gasteiger partial charge in [0, 0.05) is 6.54 Å². The molecule has 0 saturated carbocycles. The van der Waals surface area contributed by atoms with Crippen molar-refractivity contribution < 1.29 is 14.0 Å². The number of carbonyl (C=O) groups excluding carboxylic acids is 2. The van der Waals surface area contributed by atoms with Gasteiger partial charge in [-0.25, -0.2) is 4.39 Å². The molecule has 2 aromatic carbocycles. The summed E-state index contributed by atoms with van der Waals surface area (Å²) in [5, 5.41) is 5.20. The van der Waals surface area contributed by atoms with Crippen LogP contribution < -0.4 is 16.4 Å². The Kier molecular flexibility index (Phi) is 4.57. The van der Waals surface area contributed by atoms with Gasteiger partial charge in [-0.15, -0.1) is 0 Å². The standard InChI is InChI=1S/C18H18FN3O2/c19-13-7-5-11(6-8-13)10-21-17(23)18(24)22-15-9-12-3-1-2-4-14(12)16(15)20/h1-8,15-16H,9-10,20H2,(H,21,23)(H,22,24)/t15-,16-/m1/s1. The Balaban J connectivity index is 1.54. The number of halogens is 1. The topological polar surface area (TPSA) is 84.2 Å². The third-order valence-corrected chi connectivity index (χ3v) is 4.18. The monoisotopic (exact) mass is 327 g/mol. The van der Waals surface area contributed by atoms with E-state index in [0.717, 1.165) is 11.1 Å². The first-order valence-corrected chi connectivity index (χ1v) is 7.71. The largest absolute Gasteiger partial charge is 0.344 e. The van der Waals surface area contributed by atoms with Crippen molar-refractivity contribution >= 4 is 11.8 Å². The molecule has 0 unspecified atom stereocenters. The second-order valence-corrected chi connectivity index (χ2v) is 5.82. The highest BCUT2D eigenvalue weighted by atomic mass is 19.1. The number of fused-ring (bicyclic) bond motifs is 1. The Bertz CT molecular complexity index is 761. The predicted octanol–water partition coefficient (Wildman–Crippen LogP) is 1.18. The average molecular weight is 327 g/mol. The maximum absolute atomic E-state index is 12.8. The molecule has 0 saturated heterocycles. The Morgan fingerprint density at radius 2 is 1.79 bits per heavy atom. The van der Waals surface area contributed by atoms with Crippen LogP contribution in [0, 0.1) is 5.82 Å². The van der Waals surface area contributed by atoms with Crippen LogP contribution in [0.2, 0.25) is 0 Å². The minimum absolute atomic E-state index is 0.156. The number of benzene rings is 2. The number of nitrogens with one attached hydrogen (secondary N) is 2. The highest BCUT2D eigenvalue weighted by molar-refractivity contribution is 6.35. The molecular formula is C18H18FN3O2. The smallest absolute Gasteiger partial charge is 0.309 e. The molecule has 4 N–H and O–H groups in total. The molecule has 6 heteroatoms. The molecule has 2 aromatic rings. The average Bonchev–Trinajstić information content (AvgIpc) is 2.90. The van der Waals surface area contributed by atoms with Gasteiger partial charge in [0.25, 0.3) is 0 Å². The van der Waals surface area contributed by atoms with Gasteiger partial charge in [0.15, 0.2) is 0 Å². The van der Waals surface area contributed by atoms with Crippen molar-refractivity contribution in [3.05, 3.63) is 71.0 Å². The number of hydrogen-bond acceptors (Lipinski definition) is 3. The molecule has 24 heavy (non-hydrogen) atoms. The van der Waals surface area contributed by atoms with E-state index in [1.165, 1.54) is 12.1 Å². The molecule has 5 nitrogen and oxygen atoms in total. The Hall–Kier alpha value is -2.73. The van der Waals surface area contributed by atoms with Crippen LogP contribution in [0.3, 0.4) is 0 Å². The fourth-order valence-electron chi connectivity index (χ4n) is 2.87. The minimum Gasteiger partial charge on any atom is -0.344 e. The van der Waals surface area contributed by atoms with E-state index in [-0.39, 0.29) is 24.4 Å². The summed E-state index contributed by atoms with van der Waals surface area (Å²) >= 11 is 0. The summed E-state index contributed by atoms with van der Waals surface area (Å²) in [6.07, 6.45) is 0.605. The molecule has 124 valence electrons. The summed E-state index contributed by atoms with van der Waals surface area (Å²) in [5.74, 6) is -1.80. The Morgan fingerprint density at radius 1 is 1.08 bits per heavy atom. The molecule has 1 aliphatic rings. The van der Waals surface area contributed by atoms with E-state index in [2.05, 4.69) is 10.6 Å². The van der Waals surface area contributed by atoms with Gasteiger partial charge in [-0.1, -0.05) is 36.4 Å². The molecule has 0 fully saturated rings. The zero-order chi connectivity index (χ0) is 17.1. The predicted molar refractivity (Wildman–Crippen MR) is 87.3 cm³/mol. The van der Waals surface area contributed by atoms with E-state index in [4.69, 9.17) is 5.73 Å². The maximum Gasteiger partial charge on any atom is 0.309 e. The first-order valence-electron chi connectivity index (χ1n) is 7.71. The summed E-state index contributed by atoms with van der Waals surface area (Å²) in [6.45, 7) is 0.156. The van der Waals surface area contributed by atoms with Gasteiger partial charge in [0.1, 0.15) is 5.82 Å². The number of nitrogens with two attached hydrogens (primary N) is 1. The Morgan fingerprint density at radius 3 is 2.50 bits per heavy atom. The number of carbonyl (C=O) groups is 2. The fourth-order valence-corrected chi connectivity index (χ4v) is 2.87. The van der Waals surface area contributed by atoms with E-state index in [1.807, 2.05) is 24.3 Å². The van der Waals surface area contributed by atoms with Crippen LogP contribution in [0.5, 0.6) is 0 Å². The molecule has 0 aliphatic heterocycles. The van der Waals surface area contributed by atoms with Crippen molar-refractivity contribution in [2.24, 2.45) is 5.73 Å². The fraction of sp³-hybridized carbons (Fsp3) is 0.222. The maximum atomic E-state index is 12.8. The van der Waals surface area contributed by atoms with Gasteiger partial charge in [-0.2, -0.15) is 0 Å². The van der Waals surface area contributed by atoms with Crippen molar-refractivity contribution in [3.63, 3.8) is 0 Å². The summed E-state index contributed by atoms with van der Waals surface area (Å²) in [5.41, 5.74) is 8.93. The summed E-state index contributed by atoms with van der Waals surface area (Å²) in [7, 11) is 0. The molecule has 0 aromatic heterocycles. The quantitative estimate of drug-likeness (QED) is 0.740. The van der Waals surface area contributed by atoms with Gasteiger partial charge >= 0.3 is 11.8 Å². The van der Waals surface area contributed by atoms with E-state index in [1.54, 1.807) is 12.1 Å². The molecule has 0 heterocycles. The highest BCUT2D eigenvalue weighted by Gasteiger charge is 2.31. The van der Waals surface area contributed by atoms with E-state index < -0.39 is 11.8 Å². The lowest BCUT2D eigenvalue weighted by Crippen LogP contribution is -2.47. The molecule has 0 bridgehead atoms. The zero-order valence-electron chi connectivity index (χ0n) is 13.0. The van der Waals surface area contributed by atoms with Crippen molar-refractivity contribution in [2.45, 2.75) is 25.0 Å². The van der Waals surface area contributed by atoms with E-state index in [0.29, 0.717) is 12.0 Å². The molecule has 1 aliphatic carbocycles. The van der Waals surface area contributed by atoms with Crippen molar-refractivity contribution in [1.82, 2.24) is 10.6 Å². The van der Waals surface area contributed by atoms with Crippen molar-refractivity contribution in [3.8, 4) is 0 Å². The minimum atomic E-state index is -0.734. The van der Waals surface area contributed by atoms with Gasteiger partial charge in [-0.05, 0) is 35.2 Å². The van der Waals surface area contributed by atoms with Crippen LogP contribution in [-0.4, -0.2) is 17.9 Å². The van der Waals surface area contributed by atoms with Crippen molar-refractivity contribution in [1.29, 1.82) is 0 Å². The lowest BCUT2D eigenvalue weighted by atomic mass is 10.1. The first kappa shape index (κ1) is 16.1. The van der Waals surface area contributed by atoms with Gasteiger partial charge in [0.05, 0.1) is 12.1 Å². The number of amides is 2. The third kappa shape index (κ3) is 3.44. The highest BCUT2D eigenvalue weighted by Crippen LogP contribution is 2.29. The van der Waals surface area contributed by atoms with Crippen LogP contribution >= 0.6 is 0 Å². The van der Waals surface area contributed by atoms with Crippen molar-refractivity contribution in [2.75, 3.05) is 0 Å². The molecule has 2 atom stereocenters. The number of hydrogen-bond donors (Lipinski definition) is 3. The van der Waals surface area contributed by atoms with Gasteiger partial charge < -0.3 is 16.4 Å². The molecular weight excluding hydrogens is 309 g/mol. The first-order chi connectivity index (χ1) is 11.5. The number of rotatable bonds is 3. The second-order valence-electron chi connectivity index (χ2n) is 5.82. The van der Waals surface area contributed by atoms with Crippen LogP contribution in [0.25, 0.3) is 0 Å². The Labute approximate surface area is 139 Å². The molecule has 2 amide bonds. The van der Waals surface area contributed by atoms with Gasteiger partial charge in [-0.3, -0.25) is 9.59 Å². The second kappa shape index (κ2) is 6.80. The SMILES string of the molecule is N[C@@H]1c2ccccc2C[C@H]1NC(=O)C(=O)NCc1ccc(F)cc1. The third-order valence-electron chi connectivity index (χ3n) is 4.18. The lowest BCUT2D eigenvalue weighted by molar-refractivity contribution is -0.139. The molecule has 3 rings (SSSR count). The van der Waals surface area contributed by atoms with Crippen LogP contribution in [0.1, 0.15) is 22.7 Å². The molecule has 0 spiro atoms. The summed E-state index contributed by atoms with van der Waals surface area (Å²) < 4.78 is 12.8. The lowest BCUT2D eigenvalue weighted by Gasteiger charge is -2.17.